The van der Waals surface area contributed by atoms with E-state index in [1.54, 1.807) is 4.90 Å². The third-order valence-corrected chi connectivity index (χ3v) is 5.98. The van der Waals surface area contributed by atoms with Crippen molar-refractivity contribution >= 4 is 33.7 Å². The Morgan fingerprint density at radius 1 is 1.03 bits per heavy atom. The van der Waals surface area contributed by atoms with Gasteiger partial charge in [-0.15, -0.1) is 0 Å². The van der Waals surface area contributed by atoms with Gasteiger partial charge in [-0.05, 0) is 42.0 Å². The number of benzene rings is 3. The van der Waals surface area contributed by atoms with Gasteiger partial charge in [0, 0.05) is 31.7 Å². The molecule has 7 heteroatoms. The van der Waals surface area contributed by atoms with E-state index < -0.39 is 0 Å². The Morgan fingerprint density at radius 3 is 2.62 bits per heavy atom. The largest absolute Gasteiger partial charge is 0.340 e. The first-order chi connectivity index (χ1) is 15.6. The number of aromatic amines is 1. The Bertz CT molecular complexity index is 1260. The fraction of sp³-hybridized carbons (Fsp3) is 0.240. The van der Waals surface area contributed by atoms with Crippen LogP contribution in [-0.2, 0) is 0 Å². The predicted molar refractivity (Wildman–Crippen MR) is 124 cm³/mol. The Hall–Kier alpha value is -3.87. The second kappa shape index (κ2) is 8.34. The van der Waals surface area contributed by atoms with Crippen molar-refractivity contribution in [1.29, 1.82) is 0 Å². The van der Waals surface area contributed by atoms with Crippen LogP contribution in [0.25, 0.3) is 21.8 Å². The molecule has 0 radical (unpaired) electrons. The Balaban J connectivity index is 1.45. The molecule has 0 aliphatic carbocycles. The van der Waals surface area contributed by atoms with Gasteiger partial charge < -0.3 is 20.1 Å². The summed E-state index contributed by atoms with van der Waals surface area (Å²) in [7, 11) is 0. The molecule has 4 aromatic rings. The fourth-order valence-electron chi connectivity index (χ4n) is 4.33. The van der Waals surface area contributed by atoms with Gasteiger partial charge in [-0.2, -0.15) is 0 Å². The van der Waals surface area contributed by atoms with E-state index in [2.05, 4.69) is 10.3 Å². The molecule has 1 aliphatic rings. The van der Waals surface area contributed by atoms with Crippen LogP contribution in [0.15, 0.2) is 66.7 Å². The third kappa shape index (κ3) is 3.66. The van der Waals surface area contributed by atoms with Crippen LogP contribution >= 0.6 is 0 Å². The zero-order chi connectivity index (χ0) is 22.1. The van der Waals surface area contributed by atoms with Gasteiger partial charge in [-0.3, -0.25) is 4.79 Å². The van der Waals surface area contributed by atoms with Gasteiger partial charge in [0.2, 0.25) is 0 Å². The molecule has 1 aromatic heterocycles. The predicted octanol–water partition coefficient (Wildman–Crippen LogP) is 3.94. The summed E-state index contributed by atoms with van der Waals surface area (Å²) < 4.78 is 0. The number of amides is 3. The van der Waals surface area contributed by atoms with Crippen LogP contribution in [0.1, 0.15) is 29.1 Å². The van der Waals surface area contributed by atoms with Crippen LogP contribution in [0.3, 0.4) is 0 Å². The summed E-state index contributed by atoms with van der Waals surface area (Å²) in [6, 6.07) is 21.1. The fourth-order valence-corrected chi connectivity index (χ4v) is 4.33. The number of fused-ring (bicyclic) bond motifs is 2. The van der Waals surface area contributed by atoms with Crippen molar-refractivity contribution < 1.29 is 9.59 Å². The van der Waals surface area contributed by atoms with E-state index >= 15 is 0 Å². The lowest BCUT2D eigenvalue weighted by Crippen LogP contribution is -2.55. The van der Waals surface area contributed by atoms with Crippen molar-refractivity contribution in [3.63, 3.8) is 0 Å². The topological polar surface area (TPSA) is 81.3 Å². The summed E-state index contributed by atoms with van der Waals surface area (Å²) in [6.07, 6.45) is 0. The van der Waals surface area contributed by atoms with Crippen molar-refractivity contribution in [2.45, 2.75) is 13.0 Å². The smallest absolute Gasteiger partial charge is 0.318 e. The van der Waals surface area contributed by atoms with E-state index in [0.29, 0.717) is 37.6 Å². The van der Waals surface area contributed by atoms with Gasteiger partial charge in [0.15, 0.2) is 0 Å². The highest BCUT2D eigenvalue weighted by atomic mass is 16.2. The normalized spacial score (nSPS) is 16.5. The Morgan fingerprint density at radius 2 is 1.81 bits per heavy atom. The number of nitrogens with zero attached hydrogens (tertiary/aromatic N) is 3. The SMILES string of the molecule is CCNC(=O)N1CCN(C(=O)c2ccc3ccccc3c2)CC1c1nc2ccccc2[nH]1. The van der Waals surface area contributed by atoms with Gasteiger partial charge in [0.1, 0.15) is 11.9 Å². The van der Waals surface area contributed by atoms with Gasteiger partial charge in [-0.25, -0.2) is 9.78 Å². The van der Waals surface area contributed by atoms with E-state index in [4.69, 9.17) is 4.98 Å². The maximum Gasteiger partial charge on any atom is 0.318 e. The summed E-state index contributed by atoms with van der Waals surface area (Å²) in [5.74, 6) is 0.654. The Labute approximate surface area is 186 Å². The molecule has 0 saturated carbocycles. The average Bonchev–Trinajstić information content (AvgIpc) is 3.27. The molecule has 3 amide bonds. The number of nitrogens with one attached hydrogen (secondary N) is 2. The average molecular weight is 428 g/mol. The van der Waals surface area contributed by atoms with Crippen LogP contribution in [0, 0.1) is 0 Å². The number of aromatic nitrogens is 2. The zero-order valence-corrected chi connectivity index (χ0v) is 17.9. The monoisotopic (exact) mass is 427 g/mol. The molecule has 1 fully saturated rings. The maximum absolute atomic E-state index is 13.4. The van der Waals surface area contributed by atoms with Gasteiger partial charge in [-0.1, -0.05) is 42.5 Å². The first kappa shape index (κ1) is 20.1. The molecule has 0 bridgehead atoms. The number of para-hydroxylation sites is 2. The molecule has 2 heterocycles. The molecule has 1 aliphatic heterocycles. The summed E-state index contributed by atoms with van der Waals surface area (Å²) in [6.45, 7) is 3.73. The summed E-state index contributed by atoms with van der Waals surface area (Å²) in [4.78, 5) is 37.8. The van der Waals surface area contributed by atoms with E-state index in [0.717, 1.165) is 21.8 Å². The van der Waals surface area contributed by atoms with Gasteiger partial charge >= 0.3 is 6.03 Å². The second-order valence-corrected chi connectivity index (χ2v) is 8.00. The number of carbonyl (C=O) groups excluding carboxylic acids is 2. The number of piperazine rings is 1. The van der Waals surface area contributed by atoms with E-state index in [1.165, 1.54) is 0 Å². The molecule has 162 valence electrons. The van der Waals surface area contributed by atoms with Crippen LogP contribution in [0.5, 0.6) is 0 Å². The highest BCUT2D eigenvalue weighted by Gasteiger charge is 2.35. The van der Waals surface area contributed by atoms with Crippen LogP contribution in [-0.4, -0.2) is 57.9 Å². The minimum atomic E-state index is -0.355. The van der Waals surface area contributed by atoms with Crippen molar-refractivity contribution in [3.8, 4) is 0 Å². The number of hydrogen-bond acceptors (Lipinski definition) is 3. The quantitative estimate of drug-likeness (QED) is 0.520. The molecule has 2 N–H and O–H groups in total. The Kier molecular flexibility index (Phi) is 5.23. The minimum absolute atomic E-state index is 0.0348. The highest BCUT2D eigenvalue weighted by molar-refractivity contribution is 5.98. The summed E-state index contributed by atoms with van der Waals surface area (Å²) in [5.41, 5.74) is 2.41. The number of imidazole rings is 1. The third-order valence-electron chi connectivity index (χ3n) is 5.98. The lowest BCUT2D eigenvalue weighted by molar-refractivity contribution is 0.0546. The van der Waals surface area contributed by atoms with Gasteiger partial charge in [0.25, 0.3) is 5.91 Å². The molecule has 5 rings (SSSR count). The first-order valence-corrected chi connectivity index (χ1v) is 10.9. The second-order valence-electron chi connectivity index (χ2n) is 8.00. The van der Waals surface area contributed by atoms with Crippen LogP contribution in [0.2, 0.25) is 0 Å². The lowest BCUT2D eigenvalue weighted by Gasteiger charge is -2.40. The highest BCUT2D eigenvalue weighted by Crippen LogP contribution is 2.27. The minimum Gasteiger partial charge on any atom is -0.340 e. The number of carbonyl (C=O) groups is 2. The molecular formula is C25H25N5O2. The van der Waals surface area contributed by atoms with Gasteiger partial charge in [0.05, 0.1) is 11.0 Å². The molecule has 32 heavy (non-hydrogen) atoms. The van der Waals surface area contributed by atoms with Crippen molar-refractivity contribution in [1.82, 2.24) is 25.1 Å². The lowest BCUT2D eigenvalue weighted by atomic mass is 10.0. The molecule has 1 unspecified atom stereocenters. The molecule has 3 aromatic carbocycles. The standard InChI is InChI=1S/C25H25N5O2/c1-2-26-25(32)30-14-13-29(16-22(30)23-27-20-9-5-6-10-21(20)28-23)24(31)19-12-11-17-7-3-4-8-18(17)15-19/h3-12,15,22H,2,13-14,16H2,1H3,(H,26,32)(H,27,28). The van der Waals surface area contributed by atoms with Crippen molar-refractivity contribution in [3.05, 3.63) is 78.1 Å². The van der Waals surface area contributed by atoms with Crippen LogP contribution < -0.4 is 5.32 Å². The van der Waals surface area contributed by atoms with E-state index in [9.17, 15) is 9.59 Å². The van der Waals surface area contributed by atoms with Crippen molar-refractivity contribution in [2.75, 3.05) is 26.2 Å². The number of rotatable bonds is 3. The molecule has 1 atom stereocenters. The first-order valence-electron chi connectivity index (χ1n) is 10.9. The number of urea groups is 1. The van der Waals surface area contributed by atoms with E-state index in [1.807, 2.05) is 78.6 Å². The summed E-state index contributed by atoms with van der Waals surface area (Å²) >= 11 is 0. The van der Waals surface area contributed by atoms with Crippen molar-refractivity contribution in [2.24, 2.45) is 0 Å². The van der Waals surface area contributed by atoms with E-state index in [-0.39, 0.29) is 18.0 Å². The molecule has 1 saturated heterocycles. The number of hydrogen-bond donors (Lipinski definition) is 2. The van der Waals surface area contributed by atoms with Crippen LogP contribution in [0.4, 0.5) is 4.79 Å². The summed E-state index contributed by atoms with van der Waals surface area (Å²) in [5, 5.41) is 5.02. The maximum atomic E-state index is 13.4. The zero-order valence-electron chi connectivity index (χ0n) is 17.9. The molecular weight excluding hydrogens is 402 g/mol. The molecule has 0 spiro atoms. The molecule has 7 nitrogen and oxygen atoms in total. The number of H-pyrrole nitrogens is 1.